The van der Waals surface area contributed by atoms with Gasteiger partial charge in [-0.3, -0.25) is 4.79 Å². The minimum Gasteiger partial charge on any atom is -0.480 e. The third-order valence-electron chi connectivity index (χ3n) is 3.03. The number of carbonyl (C=O) groups is 2. The third-order valence-corrected chi connectivity index (χ3v) is 3.03. The summed E-state index contributed by atoms with van der Waals surface area (Å²) >= 11 is 0. The highest BCUT2D eigenvalue weighted by atomic mass is 16.5. The lowest BCUT2D eigenvalue weighted by Gasteiger charge is -2.27. The molecule has 20 heavy (non-hydrogen) atoms. The number of amides is 1. The number of carboxylic acids is 1. The van der Waals surface area contributed by atoms with Crippen molar-refractivity contribution in [2.75, 3.05) is 0 Å². The van der Waals surface area contributed by atoms with E-state index in [1.807, 2.05) is 13.8 Å². The summed E-state index contributed by atoms with van der Waals surface area (Å²) in [6, 6.07) is -0.982. The number of nitrogens with one attached hydrogen (secondary N) is 1. The van der Waals surface area contributed by atoms with E-state index in [1.165, 1.54) is 0 Å². The van der Waals surface area contributed by atoms with Crippen LogP contribution in [-0.2, 0) is 4.79 Å². The van der Waals surface area contributed by atoms with Gasteiger partial charge in [-0.2, -0.15) is 0 Å². The van der Waals surface area contributed by atoms with Crippen LogP contribution in [0.4, 0.5) is 0 Å². The van der Waals surface area contributed by atoms with Crippen molar-refractivity contribution in [2.24, 2.45) is 5.41 Å². The SMILES string of the molecule is Cc1noc(C(C)C)c1C(=O)N[C@@H](C(=O)O)C(C)(C)C. The maximum Gasteiger partial charge on any atom is 0.326 e. The Morgan fingerprint density at radius 2 is 1.85 bits per heavy atom. The predicted molar refractivity (Wildman–Crippen MR) is 73.7 cm³/mol. The standard InChI is InChI=1S/C14H22N2O4/c1-7(2)10-9(8(3)16-20-10)12(17)15-11(13(18)19)14(4,5)6/h7,11H,1-6H3,(H,15,17)(H,18,19)/t11-/m0/s1. The molecule has 0 bridgehead atoms. The minimum atomic E-state index is -1.06. The molecule has 2 N–H and O–H groups in total. The van der Waals surface area contributed by atoms with E-state index in [2.05, 4.69) is 10.5 Å². The lowest BCUT2D eigenvalue weighted by atomic mass is 9.86. The molecule has 1 rings (SSSR count). The second kappa shape index (κ2) is 5.64. The summed E-state index contributed by atoms with van der Waals surface area (Å²) < 4.78 is 5.15. The molecule has 0 radical (unpaired) electrons. The van der Waals surface area contributed by atoms with Crippen molar-refractivity contribution in [2.45, 2.75) is 53.5 Å². The van der Waals surface area contributed by atoms with Gasteiger partial charge in [0.1, 0.15) is 11.6 Å². The Labute approximate surface area is 118 Å². The normalized spacial score (nSPS) is 13.3. The van der Waals surface area contributed by atoms with E-state index in [9.17, 15) is 14.7 Å². The Hall–Kier alpha value is -1.85. The Bertz CT molecular complexity index is 512. The van der Waals surface area contributed by atoms with Crippen molar-refractivity contribution in [3.05, 3.63) is 17.0 Å². The van der Waals surface area contributed by atoms with Gasteiger partial charge in [0.15, 0.2) is 5.76 Å². The summed E-state index contributed by atoms with van der Waals surface area (Å²) in [4.78, 5) is 23.6. The fraction of sp³-hybridized carbons (Fsp3) is 0.643. The fourth-order valence-electron chi connectivity index (χ4n) is 1.91. The number of carboxylic acid groups (broad SMARTS) is 1. The molecule has 0 saturated heterocycles. The molecule has 1 amide bonds. The molecule has 0 unspecified atom stereocenters. The van der Waals surface area contributed by atoms with E-state index in [0.717, 1.165) is 0 Å². The molecule has 0 aromatic carbocycles. The highest BCUT2D eigenvalue weighted by Gasteiger charge is 2.34. The number of aromatic nitrogens is 1. The molecule has 6 nitrogen and oxygen atoms in total. The molecule has 0 aliphatic heterocycles. The number of hydrogen-bond donors (Lipinski definition) is 2. The number of rotatable bonds is 4. The maximum absolute atomic E-state index is 12.3. The van der Waals surface area contributed by atoms with Gasteiger partial charge in [-0.1, -0.05) is 39.8 Å². The minimum absolute atomic E-state index is 0.00475. The average Bonchev–Trinajstić information content (AvgIpc) is 2.65. The van der Waals surface area contributed by atoms with Gasteiger partial charge in [0.2, 0.25) is 0 Å². The van der Waals surface area contributed by atoms with Crippen molar-refractivity contribution in [1.29, 1.82) is 0 Å². The van der Waals surface area contributed by atoms with E-state index < -0.39 is 23.3 Å². The Kier molecular flexibility index (Phi) is 4.57. The Morgan fingerprint density at radius 1 is 1.30 bits per heavy atom. The fourth-order valence-corrected chi connectivity index (χ4v) is 1.91. The van der Waals surface area contributed by atoms with Gasteiger partial charge in [0.05, 0.1) is 5.69 Å². The molecule has 0 aliphatic rings. The number of nitrogens with zero attached hydrogens (tertiary/aromatic N) is 1. The van der Waals surface area contributed by atoms with Gasteiger partial charge in [-0.15, -0.1) is 0 Å². The smallest absolute Gasteiger partial charge is 0.326 e. The molecule has 1 aromatic rings. The number of aliphatic carboxylic acids is 1. The van der Waals surface area contributed by atoms with E-state index >= 15 is 0 Å². The second-order valence-corrected chi connectivity index (χ2v) is 6.27. The molecule has 1 atom stereocenters. The van der Waals surface area contributed by atoms with E-state index in [4.69, 9.17) is 4.52 Å². The topological polar surface area (TPSA) is 92.4 Å². The van der Waals surface area contributed by atoms with Gasteiger partial charge in [-0.25, -0.2) is 4.79 Å². The monoisotopic (exact) mass is 282 g/mol. The van der Waals surface area contributed by atoms with Gasteiger partial charge in [0.25, 0.3) is 5.91 Å². The van der Waals surface area contributed by atoms with Crippen LogP contribution in [0.2, 0.25) is 0 Å². The summed E-state index contributed by atoms with van der Waals surface area (Å²) in [7, 11) is 0. The van der Waals surface area contributed by atoms with Crippen LogP contribution in [0, 0.1) is 12.3 Å². The lowest BCUT2D eigenvalue weighted by Crippen LogP contribution is -2.49. The molecule has 1 heterocycles. The molecule has 0 spiro atoms. The number of hydrogen-bond acceptors (Lipinski definition) is 4. The number of aryl methyl sites for hydroxylation is 1. The molecule has 0 saturated carbocycles. The van der Waals surface area contributed by atoms with Gasteiger partial charge >= 0.3 is 5.97 Å². The summed E-state index contributed by atoms with van der Waals surface area (Å²) in [5.41, 5.74) is 0.199. The lowest BCUT2D eigenvalue weighted by molar-refractivity contribution is -0.142. The number of carbonyl (C=O) groups excluding carboxylic acids is 1. The van der Waals surface area contributed by atoms with Crippen molar-refractivity contribution in [1.82, 2.24) is 10.5 Å². The first-order chi connectivity index (χ1) is 9.05. The zero-order valence-electron chi connectivity index (χ0n) is 12.8. The van der Waals surface area contributed by atoms with Gasteiger partial charge < -0.3 is 14.9 Å². The zero-order valence-corrected chi connectivity index (χ0v) is 12.8. The van der Waals surface area contributed by atoms with Gasteiger partial charge in [0, 0.05) is 5.92 Å². The molecule has 0 aliphatic carbocycles. The van der Waals surface area contributed by atoms with Crippen molar-refractivity contribution < 1.29 is 19.2 Å². The summed E-state index contributed by atoms with van der Waals surface area (Å²) in [5, 5.41) is 15.6. The molecule has 112 valence electrons. The zero-order chi connectivity index (χ0) is 15.7. The van der Waals surface area contributed by atoms with Gasteiger partial charge in [-0.05, 0) is 12.3 Å². The first kappa shape index (κ1) is 16.2. The van der Waals surface area contributed by atoms with Crippen molar-refractivity contribution in [3.63, 3.8) is 0 Å². The summed E-state index contributed by atoms with van der Waals surface area (Å²) in [6.07, 6.45) is 0. The molecule has 0 fully saturated rings. The first-order valence-corrected chi connectivity index (χ1v) is 6.55. The summed E-state index contributed by atoms with van der Waals surface area (Å²) in [6.45, 7) is 10.7. The largest absolute Gasteiger partial charge is 0.480 e. The van der Waals surface area contributed by atoms with Crippen LogP contribution in [0.5, 0.6) is 0 Å². The maximum atomic E-state index is 12.3. The van der Waals surface area contributed by atoms with Crippen LogP contribution < -0.4 is 5.32 Å². The molecule has 1 aromatic heterocycles. The third kappa shape index (κ3) is 3.37. The van der Waals surface area contributed by atoms with Crippen LogP contribution >= 0.6 is 0 Å². The van der Waals surface area contributed by atoms with E-state index in [-0.39, 0.29) is 5.92 Å². The van der Waals surface area contributed by atoms with E-state index in [1.54, 1.807) is 27.7 Å². The predicted octanol–water partition coefficient (Wildman–Crippen LogP) is 2.34. The second-order valence-electron chi connectivity index (χ2n) is 6.27. The summed E-state index contributed by atoms with van der Waals surface area (Å²) in [5.74, 6) is -1.06. The van der Waals surface area contributed by atoms with Crippen molar-refractivity contribution in [3.8, 4) is 0 Å². The molecular formula is C14H22N2O4. The van der Waals surface area contributed by atoms with Crippen LogP contribution in [0.3, 0.4) is 0 Å². The van der Waals surface area contributed by atoms with Crippen LogP contribution in [0.15, 0.2) is 4.52 Å². The van der Waals surface area contributed by atoms with Crippen LogP contribution in [0.25, 0.3) is 0 Å². The highest BCUT2D eigenvalue weighted by molar-refractivity contribution is 5.98. The molecular weight excluding hydrogens is 260 g/mol. The Balaban J connectivity index is 3.08. The van der Waals surface area contributed by atoms with Crippen LogP contribution in [0.1, 0.15) is 62.3 Å². The molecule has 6 heteroatoms. The first-order valence-electron chi connectivity index (χ1n) is 6.55. The van der Waals surface area contributed by atoms with Crippen LogP contribution in [-0.4, -0.2) is 28.2 Å². The Morgan fingerprint density at radius 3 is 2.25 bits per heavy atom. The quantitative estimate of drug-likeness (QED) is 0.884. The van der Waals surface area contributed by atoms with E-state index in [0.29, 0.717) is 17.0 Å². The average molecular weight is 282 g/mol. The highest BCUT2D eigenvalue weighted by Crippen LogP contribution is 2.24. The van der Waals surface area contributed by atoms with Crippen molar-refractivity contribution >= 4 is 11.9 Å².